The van der Waals surface area contributed by atoms with E-state index < -0.39 is 28.5 Å². The lowest BCUT2D eigenvalue weighted by atomic mass is 10.2. The Labute approximate surface area is 156 Å². The zero-order valence-electron chi connectivity index (χ0n) is 14.1. The lowest BCUT2D eigenvalue weighted by Gasteiger charge is -2.10. The number of hydrogen-bond donors (Lipinski definition) is 2. The number of benzene rings is 2. The van der Waals surface area contributed by atoms with E-state index >= 15 is 0 Å². The molecule has 0 aliphatic carbocycles. The predicted molar refractivity (Wildman–Crippen MR) is 100 cm³/mol. The lowest BCUT2D eigenvalue weighted by molar-refractivity contribution is -0.119. The van der Waals surface area contributed by atoms with Crippen molar-refractivity contribution in [3.05, 3.63) is 58.6 Å². The van der Waals surface area contributed by atoms with Crippen LogP contribution in [0, 0.1) is 6.92 Å². The number of carbonyl (C=O) groups is 2. The first-order valence-electron chi connectivity index (χ1n) is 7.45. The normalized spacial score (nSPS) is 10.9. The number of esters is 1. The molecule has 1 amide bonds. The Bertz CT molecular complexity index is 944. The van der Waals surface area contributed by atoms with Crippen molar-refractivity contribution in [1.29, 1.82) is 0 Å². The van der Waals surface area contributed by atoms with E-state index in [1.54, 1.807) is 25.1 Å². The van der Waals surface area contributed by atoms with Gasteiger partial charge in [0.2, 0.25) is 10.0 Å². The van der Waals surface area contributed by atoms with Gasteiger partial charge in [0.05, 0.1) is 11.8 Å². The third-order valence-electron chi connectivity index (χ3n) is 3.21. The molecule has 138 valence electrons. The summed E-state index contributed by atoms with van der Waals surface area (Å²) in [4.78, 5) is 24.0. The maximum atomic E-state index is 12.0. The van der Waals surface area contributed by atoms with E-state index in [0.717, 1.165) is 11.8 Å². The van der Waals surface area contributed by atoms with Crippen LogP contribution in [0.5, 0.6) is 0 Å². The molecule has 2 N–H and O–H groups in total. The summed E-state index contributed by atoms with van der Waals surface area (Å²) in [5.41, 5.74) is 1.68. The number of ether oxygens (including phenoxy) is 1. The summed E-state index contributed by atoms with van der Waals surface area (Å²) in [6.07, 6.45) is 1.00. The number of sulfonamides is 1. The molecule has 2 aromatic rings. The molecule has 26 heavy (non-hydrogen) atoms. The molecular formula is C17H17ClN2O5S. The second-order valence-corrected chi connectivity index (χ2v) is 7.72. The summed E-state index contributed by atoms with van der Waals surface area (Å²) < 4.78 is 29.7. The van der Waals surface area contributed by atoms with Gasteiger partial charge in [0.1, 0.15) is 0 Å². The first-order valence-corrected chi connectivity index (χ1v) is 9.72. The average molecular weight is 397 g/mol. The Hall–Kier alpha value is -2.58. The fourth-order valence-corrected chi connectivity index (χ4v) is 2.78. The zero-order chi connectivity index (χ0) is 19.3. The number of nitrogens with one attached hydrogen (secondary N) is 2. The van der Waals surface area contributed by atoms with Crippen molar-refractivity contribution in [3.8, 4) is 0 Å². The van der Waals surface area contributed by atoms with Crippen molar-refractivity contribution < 1.29 is 22.7 Å². The molecule has 0 unspecified atom stereocenters. The molecule has 0 aromatic heterocycles. The monoisotopic (exact) mass is 396 g/mol. The van der Waals surface area contributed by atoms with Gasteiger partial charge in [-0.1, -0.05) is 23.7 Å². The molecular weight excluding hydrogens is 380 g/mol. The number of anilines is 2. The number of amides is 1. The third-order valence-corrected chi connectivity index (χ3v) is 4.05. The minimum Gasteiger partial charge on any atom is -0.452 e. The fraction of sp³-hybridized carbons (Fsp3) is 0.176. The fourth-order valence-electron chi connectivity index (χ4n) is 2.05. The van der Waals surface area contributed by atoms with Crippen molar-refractivity contribution in [2.75, 3.05) is 22.9 Å². The maximum absolute atomic E-state index is 12.0. The van der Waals surface area contributed by atoms with E-state index in [9.17, 15) is 18.0 Å². The molecule has 2 aromatic carbocycles. The van der Waals surface area contributed by atoms with Crippen molar-refractivity contribution >= 4 is 44.9 Å². The highest BCUT2D eigenvalue weighted by Crippen LogP contribution is 2.20. The highest BCUT2D eigenvalue weighted by atomic mass is 35.5. The van der Waals surface area contributed by atoms with E-state index in [-0.39, 0.29) is 11.3 Å². The van der Waals surface area contributed by atoms with Crippen LogP contribution in [-0.4, -0.2) is 33.2 Å². The number of halogens is 1. The Morgan fingerprint density at radius 3 is 2.58 bits per heavy atom. The van der Waals surface area contributed by atoms with Gasteiger partial charge in [-0.3, -0.25) is 9.52 Å². The van der Waals surface area contributed by atoms with E-state index in [1.165, 1.54) is 24.3 Å². The van der Waals surface area contributed by atoms with Crippen LogP contribution in [0.1, 0.15) is 15.9 Å². The van der Waals surface area contributed by atoms with Crippen molar-refractivity contribution in [2.45, 2.75) is 6.92 Å². The molecule has 0 aliphatic rings. The minimum atomic E-state index is -3.46. The maximum Gasteiger partial charge on any atom is 0.338 e. The molecule has 0 saturated carbocycles. The Kier molecular flexibility index (Phi) is 6.23. The molecule has 0 heterocycles. The molecule has 0 atom stereocenters. The average Bonchev–Trinajstić information content (AvgIpc) is 2.54. The van der Waals surface area contributed by atoms with E-state index in [2.05, 4.69) is 10.0 Å². The summed E-state index contributed by atoms with van der Waals surface area (Å²) in [7, 11) is -3.46. The van der Waals surface area contributed by atoms with E-state index in [1.807, 2.05) is 0 Å². The van der Waals surface area contributed by atoms with Gasteiger partial charge in [0, 0.05) is 16.4 Å². The van der Waals surface area contributed by atoms with Gasteiger partial charge in [-0.05, 0) is 42.8 Å². The molecule has 2 rings (SSSR count). The predicted octanol–water partition coefficient (Wildman–Crippen LogP) is 2.82. The van der Waals surface area contributed by atoms with Gasteiger partial charge in [-0.2, -0.15) is 0 Å². The molecule has 0 fully saturated rings. The van der Waals surface area contributed by atoms with Gasteiger partial charge >= 0.3 is 5.97 Å². The second kappa shape index (κ2) is 8.20. The molecule has 0 spiro atoms. The van der Waals surface area contributed by atoms with Crippen molar-refractivity contribution in [2.24, 2.45) is 0 Å². The number of rotatable bonds is 6. The Morgan fingerprint density at radius 1 is 1.15 bits per heavy atom. The summed E-state index contributed by atoms with van der Waals surface area (Å²) >= 11 is 5.88. The standard InChI is InChI=1S/C17H17ClN2O5S/c1-11-6-7-13(18)9-15(11)19-16(21)10-25-17(22)12-4-3-5-14(8-12)20-26(2,23)24/h3-9,20H,10H2,1-2H3,(H,19,21). The van der Waals surface area contributed by atoms with Crippen LogP contribution in [0.2, 0.25) is 5.02 Å². The van der Waals surface area contributed by atoms with Gasteiger partial charge in [-0.15, -0.1) is 0 Å². The first-order chi connectivity index (χ1) is 12.1. The summed E-state index contributed by atoms with van der Waals surface area (Å²) in [5.74, 6) is -1.27. The Balaban J connectivity index is 1.97. The summed E-state index contributed by atoms with van der Waals surface area (Å²) in [6, 6.07) is 10.8. The van der Waals surface area contributed by atoms with Gasteiger partial charge in [0.15, 0.2) is 6.61 Å². The van der Waals surface area contributed by atoms with Crippen LogP contribution in [0.25, 0.3) is 0 Å². The SMILES string of the molecule is Cc1ccc(Cl)cc1NC(=O)COC(=O)c1cccc(NS(C)(=O)=O)c1. The van der Waals surface area contributed by atoms with Crippen LogP contribution in [-0.2, 0) is 19.6 Å². The smallest absolute Gasteiger partial charge is 0.338 e. The van der Waals surface area contributed by atoms with Crippen LogP contribution in [0.3, 0.4) is 0 Å². The van der Waals surface area contributed by atoms with Crippen LogP contribution >= 0.6 is 11.6 Å². The minimum absolute atomic E-state index is 0.116. The second-order valence-electron chi connectivity index (χ2n) is 5.54. The summed E-state index contributed by atoms with van der Waals surface area (Å²) in [6.45, 7) is 1.31. The largest absolute Gasteiger partial charge is 0.452 e. The highest BCUT2D eigenvalue weighted by Gasteiger charge is 2.13. The van der Waals surface area contributed by atoms with Gasteiger partial charge in [0.25, 0.3) is 5.91 Å². The molecule has 0 radical (unpaired) electrons. The first kappa shape index (κ1) is 19.7. The number of aryl methyl sites for hydroxylation is 1. The Morgan fingerprint density at radius 2 is 1.88 bits per heavy atom. The molecule has 7 nitrogen and oxygen atoms in total. The third kappa shape index (κ3) is 6.05. The van der Waals surface area contributed by atoms with Crippen molar-refractivity contribution in [1.82, 2.24) is 0 Å². The van der Waals surface area contributed by atoms with Gasteiger partial charge in [-0.25, -0.2) is 13.2 Å². The van der Waals surface area contributed by atoms with Crippen LogP contribution in [0.4, 0.5) is 11.4 Å². The molecule has 0 saturated heterocycles. The topological polar surface area (TPSA) is 102 Å². The number of carbonyl (C=O) groups excluding carboxylic acids is 2. The summed E-state index contributed by atoms with van der Waals surface area (Å²) in [5, 5.41) is 3.08. The van der Waals surface area contributed by atoms with E-state index in [4.69, 9.17) is 16.3 Å². The zero-order valence-corrected chi connectivity index (χ0v) is 15.6. The van der Waals surface area contributed by atoms with Gasteiger partial charge < -0.3 is 10.1 Å². The molecule has 0 aliphatic heterocycles. The molecule has 0 bridgehead atoms. The van der Waals surface area contributed by atoms with E-state index in [0.29, 0.717) is 10.7 Å². The lowest BCUT2D eigenvalue weighted by Crippen LogP contribution is -2.21. The van der Waals surface area contributed by atoms with Crippen LogP contribution in [0.15, 0.2) is 42.5 Å². The van der Waals surface area contributed by atoms with Crippen LogP contribution < -0.4 is 10.0 Å². The quantitative estimate of drug-likeness (QED) is 0.731. The van der Waals surface area contributed by atoms with Crippen molar-refractivity contribution in [3.63, 3.8) is 0 Å². The number of hydrogen-bond acceptors (Lipinski definition) is 5. The molecule has 9 heteroatoms. The highest BCUT2D eigenvalue weighted by molar-refractivity contribution is 7.92.